The van der Waals surface area contributed by atoms with E-state index in [1.54, 1.807) is 0 Å². The van der Waals surface area contributed by atoms with Crippen LogP contribution in [0.3, 0.4) is 0 Å². The molecule has 4 rings (SSSR count). The molecule has 2 aromatic rings. The summed E-state index contributed by atoms with van der Waals surface area (Å²) in [4.78, 5) is 14.2. The maximum atomic E-state index is 12.8. The number of nitrogens with one attached hydrogen (secondary N) is 1. The number of hydrogen-bond acceptors (Lipinski definition) is 2. The Bertz CT molecular complexity index is 737. The maximum absolute atomic E-state index is 12.8. The van der Waals surface area contributed by atoms with E-state index in [1.165, 1.54) is 10.5 Å². The molecule has 0 aromatic heterocycles. The number of rotatable bonds is 2. The zero-order valence-corrected chi connectivity index (χ0v) is 11.9. The summed E-state index contributed by atoms with van der Waals surface area (Å²) >= 11 is 0. The van der Waals surface area contributed by atoms with E-state index in [1.807, 2.05) is 12.1 Å². The van der Waals surface area contributed by atoms with Crippen LogP contribution >= 0.6 is 0 Å². The van der Waals surface area contributed by atoms with Crippen LogP contribution in [0.5, 0.6) is 0 Å². The second kappa shape index (κ2) is 5.10. The molecule has 1 heterocycles. The predicted octanol–water partition coefficient (Wildman–Crippen LogP) is 1.33. The summed E-state index contributed by atoms with van der Waals surface area (Å²) in [6, 6.07) is 12.2. The molecule has 2 aliphatic rings. The number of Topliss-reactive ketones (excluding diaryl/α,β-unsaturated/α-hetero) is 1. The van der Waals surface area contributed by atoms with Crippen molar-refractivity contribution >= 4 is 22.6 Å². The van der Waals surface area contributed by atoms with Crippen LogP contribution in [0.15, 0.2) is 42.0 Å². The Morgan fingerprint density at radius 2 is 1.81 bits per heavy atom. The summed E-state index contributed by atoms with van der Waals surface area (Å²) in [5.41, 5.74) is 2.96. The number of ether oxygens (including phenoxy) is 1. The molecule has 3 nitrogen and oxygen atoms in total. The average molecular weight is 280 g/mol. The van der Waals surface area contributed by atoms with Gasteiger partial charge >= 0.3 is 0 Å². The van der Waals surface area contributed by atoms with Gasteiger partial charge < -0.3 is 9.64 Å². The van der Waals surface area contributed by atoms with Crippen LogP contribution in [0, 0.1) is 0 Å². The molecule has 106 valence electrons. The standard InChI is InChI=1S/C18H17NO2/c20-18-15(12-19-7-9-21-10-8-19)11-14-5-1-3-13-4-2-6-16(18)17(13)14/h1-6,11H,7-10,12H2/p+1. The number of quaternary nitrogens is 1. The normalized spacial score (nSPS) is 18.9. The third-order valence-electron chi connectivity index (χ3n) is 4.44. The van der Waals surface area contributed by atoms with E-state index >= 15 is 0 Å². The minimum atomic E-state index is 0.193. The van der Waals surface area contributed by atoms with Crippen LogP contribution in [0.1, 0.15) is 15.9 Å². The van der Waals surface area contributed by atoms with E-state index in [2.05, 4.69) is 30.3 Å². The van der Waals surface area contributed by atoms with Gasteiger partial charge in [0.25, 0.3) is 0 Å². The molecule has 1 N–H and O–H groups in total. The monoisotopic (exact) mass is 280 g/mol. The van der Waals surface area contributed by atoms with Crippen LogP contribution in [0.25, 0.3) is 16.8 Å². The summed E-state index contributed by atoms with van der Waals surface area (Å²) in [6.07, 6.45) is 2.08. The van der Waals surface area contributed by atoms with Crippen molar-refractivity contribution < 1.29 is 14.4 Å². The molecule has 1 aliphatic heterocycles. The van der Waals surface area contributed by atoms with Crippen molar-refractivity contribution in [1.29, 1.82) is 0 Å². The van der Waals surface area contributed by atoms with E-state index in [9.17, 15) is 4.79 Å². The molecule has 0 amide bonds. The van der Waals surface area contributed by atoms with Crippen LogP contribution in [0.2, 0.25) is 0 Å². The van der Waals surface area contributed by atoms with Gasteiger partial charge in [-0.3, -0.25) is 4.79 Å². The summed E-state index contributed by atoms with van der Waals surface area (Å²) < 4.78 is 5.39. The Hall–Kier alpha value is -1.97. The molecular weight excluding hydrogens is 262 g/mol. The van der Waals surface area contributed by atoms with Crippen molar-refractivity contribution in [3.8, 4) is 0 Å². The molecule has 0 bridgehead atoms. The quantitative estimate of drug-likeness (QED) is 0.900. The van der Waals surface area contributed by atoms with Crippen LogP contribution < -0.4 is 4.90 Å². The lowest BCUT2D eigenvalue weighted by atomic mass is 9.88. The van der Waals surface area contributed by atoms with Crippen LogP contribution in [0.4, 0.5) is 0 Å². The number of carbonyl (C=O) groups excluding carboxylic acids is 1. The molecule has 0 spiro atoms. The number of morpholine rings is 1. The van der Waals surface area contributed by atoms with Gasteiger partial charge in [0, 0.05) is 10.9 Å². The highest BCUT2D eigenvalue weighted by Crippen LogP contribution is 2.30. The van der Waals surface area contributed by atoms with Crippen molar-refractivity contribution in [2.75, 3.05) is 32.8 Å². The fourth-order valence-corrected chi connectivity index (χ4v) is 3.34. The first kappa shape index (κ1) is 12.7. The fourth-order valence-electron chi connectivity index (χ4n) is 3.34. The molecule has 2 aromatic carbocycles. The van der Waals surface area contributed by atoms with Gasteiger partial charge in [-0.05, 0) is 17.0 Å². The lowest BCUT2D eigenvalue weighted by Crippen LogP contribution is -3.14. The van der Waals surface area contributed by atoms with E-state index in [0.717, 1.165) is 54.8 Å². The Morgan fingerprint density at radius 3 is 2.62 bits per heavy atom. The third kappa shape index (κ3) is 2.19. The lowest BCUT2D eigenvalue weighted by molar-refractivity contribution is -0.902. The minimum Gasteiger partial charge on any atom is -0.370 e. The average Bonchev–Trinajstić information content (AvgIpc) is 2.53. The van der Waals surface area contributed by atoms with E-state index < -0.39 is 0 Å². The Morgan fingerprint density at radius 1 is 1.05 bits per heavy atom. The smallest absolute Gasteiger partial charge is 0.195 e. The largest absolute Gasteiger partial charge is 0.370 e. The topological polar surface area (TPSA) is 30.7 Å². The number of hydrogen-bond donors (Lipinski definition) is 1. The van der Waals surface area contributed by atoms with Gasteiger partial charge in [0.15, 0.2) is 5.78 Å². The van der Waals surface area contributed by atoms with E-state index in [4.69, 9.17) is 4.74 Å². The first-order chi connectivity index (χ1) is 10.3. The molecule has 0 unspecified atom stereocenters. The zero-order chi connectivity index (χ0) is 14.2. The Balaban J connectivity index is 1.75. The number of benzene rings is 2. The number of carbonyl (C=O) groups is 1. The first-order valence-electron chi connectivity index (χ1n) is 7.51. The summed E-state index contributed by atoms with van der Waals surface area (Å²) in [5, 5.41) is 2.25. The molecule has 1 saturated heterocycles. The van der Waals surface area contributed by atoms with Gasteiger partial charge in [0.1, 0.15) is 19.6 Å². The minimum absolute atomic E-state index is 0.193. The molecule has 0 atom stereocenters. The van der Waals surface area contributed by atoms with Gasteiger partial charge in [0.05, 0.1) is 18.8 Å². The highest BCUT2D eigenvalue weighted by atomic mass is 16.5. The maximum Gasteiger partial charge on any atom is 0.195 e. The van der Waals surface area contributed by atoms with Crippen LogP contribution in [-0.4, -0.2) is 38.6 Å². The predicted molar refractivity (Wildman–Crippen MR) is 82.6 cm³/mol. The zero-order valence-electron chi connectivity index (χ0n) is 11.9. The van der Waals surface area contributed by atoms with Crippen molar-refractivity contribution in [2.24, 2.45) is 0 Å². The van der Waals surface area contributed by atoms with E-state index in [-0.39, 0.29) is 5.78 Å². The molecule has 1 aliphatic carbocycles. The van der Waals surface area contributed by atoms with Gasteiger partial charge in [-0.25, -0.2) is 0 Å². The first-order valence-corrected chi connectivity index (χ1v) is 7.51. The van der Waals surface area contributed by atoms with Gasteiger partial charge in [-0.15, -0.1) is 0 Å². The van der Waals surface area contributed by atoms with Crippen LogP contribution in [-0.2, 0) is 4.74 Å². The highest BCUT2D eigenvalue weighted by molar-refractivity contribution is 6.22. The molecule has 3 heteroatoms. The summed E-state index contributed by atoms with van der Waals surface area (Å²) in [7, 11) is 0. The molecular formula is C18H18NO2+. The molecule has 21 heavy (non-hydrogen) atoms. The van der Waals surface area contributed by atoms with Gasteiger partial charge in [-0.1, -0.05) is 36.4 Å². The lowest BCUT2D eigenvalue weighted by Gasteiger charge is -2.25. The molecule has 0 radical (unpaired) electrons. The SMILES string of the molecule is O=C1C(C[NH+]2CCOCC2)=Cc2cccc3cccc1c23. The Kier molecular flexibility index (Phi) is 3.09. The van der Waals surface area contributed by atoms with Crippen molar-refractivity contribution in [2.45, 2.75) is 0 Å². The second-order valence-corrected chi connectivity index (χ2v) is 5.79. The highest BCUT2D eigenvalue weighted by Gasteiger charge is 2.25. The second-order valence-electron chi connectivity index (χ2n) is 5.79. The Labute approximate surface area is 123 Å². The summed E-state index contributed by atoms with van der Waals surface area (Å²) in [5.74, 6) is 0.193. The van der Waals surface area contributed by atoms with Gasteiger partial charge in [0.2, 0.25) is 0 Å². The summed E-state index contributed by atoms with van der Waals surface area (Å²) in [6.45, 7) is 4.35. The molecule has 0 saturated carbocycles. The fraction of sp³-hybridized carbons (Fsp3) is 0.278. The molecule has 1 fully saturated rings. The van der Waals surface area contributed by atoms with E-state index in [0.29, 0.717) is 0 Å². The third-order valence-corrected chi connectivity index (χ3v) is 4.44. The van der Waals surface area contributed by atoms with Crippen molar-refractivity contribution in [3.63, 3.8) is 0 Å². The van der Waals surface area contributed by atoms with Crippen molar-refractivity contribution in [1.82, 2.24) is 0 Å². The van der Waals surface area contributed by atoms with Gasteiger partial charge in [-0.2, -0.15) is 0 Å². The number of ketones is 1. The van der Waals surface area contributed by atoms with Crippen molar-refractivity contribution in [3.05, 3.63) is 53.1 Å².